The maximum atomic E-state index is 12.1. The second-order valence-electron chi connectivity index (χ2n) is 5.75. The van der Waals surface area contributed by atoms with Gasteiger partial charge in [-0.05, 0) is 43.3 Å². The van der Waals surface area contributed by atoms with Crippen LogP contribution in [-0.2, 0) is 19.6 Å². The van der Waals surface area contributed by atoms with Gasteiger partial charge in [-0.25, -0.2) is 18.6 Å². The summed E-state index contributed by atoms with van der Waals surface area (Å²) < 4.78 is 26.3. The molecule has 2 rings (SSSR count). The smallest absolute Gasteiger partial charge is 0.255 e. The summed E-state index contributed by atoms with van der Waals surface area (Å²) in [6.07, 6.45) is -0.0221. The molecule has 0 fully saturated rings. The van der Waals surface area contributed by atoms with Gasteiger partial charge in [0.1, 0.15) is 0 Å². The number of carbonyl (C=O) groups is 2. The summed E-state index contributed by atoms with van der Waals surface area (Å²) >= 11 is 5.72. The van der Waals surface area contributed by atoms with Gasteiger partial charge < -0.3 is 5.32 Å². The molecule has 148 valence electrons. The Bertz CT molecular complexity index is 961. The van der Waals surface area contributed by atoms with Crippen molar-refractivity contribution in [1.82, 2.24) is 10.1 Å². The number of benzene rings is 2. The predicted molar refractivity (Wildman–Crippen MR) is 108 cm³/mol. The van der Waals surface area contributed by atoms with Crippen molar-refractivity contribution in [2.24, 2.45) is 5.10 Å². The Labute approximate surface area is 168 Å². The average molecular weight is 423 g/mol. The van der Waals surface area contributed by atoms with Crippen LogP contribution in [0.15, 0.2) is 64.6 Å². The van der Waals surface area contributed by atoms with E-state index in [9.17, 15) is 18.0 Å². The molecule has 0 aliphatic rings. The largest absolute Gasteiger partial charge is 0.326 e. The third kappa shape index (κ3) is 7.10. The van der Waals surface area contributed by atoms with Gasteiger partial charge in [0.05, 0.1) is 17.9 Å². The van der Waals surface area contributed by atoms with Crippen LogP contribution < -0.4 is 15.5 Å². The van der Waals surface area contributed by atoms with Crippen molar-refractivity contribution in [3.8, 4) is 0 Å². The van der Waals surface area contributed by atoms with Crippen LogP contribution in [0.25, 0.3) is 0 Å². The summed E-state index contributed by atoms with van der Waals surface area (Å²) in [7, 11) is -3.85. The van der Waals surface area contributed by atoms with Crippen LogP contribution in [-0.4, -0.2) is 32.5 Å². The van der Waals surface area contributed by atoms with E-state index < -0.39 is 22.5 Å². The Morgan fingerprint density at radius 2 is 1.64 bits per heavy atom. The second-order valence-corrected chi connectivity index (χ2v) is 7.95. The van der Waals surface area contributed by atoms with Crippen molar-refractivity contribution in [2.45, 2.75) is 18.2 Å². The SMILES string of the molecule is C/C(CC(=O)Nc1ccccc1)=N\NC(=O)CNS(=O)(=O)c1ccc(Cl)cc1. The van der Waals surface area contributed by atoms with Gasteiger partial charge in [-0.1, -0.05) is 29.8 Å². The molecule has 2 amide bonds. The molecular weight excluding hydrogens is 404 g/mol. The first kappa shape index (κ1) is 21.5. The van der Waals surface area contributed by atoms with E-state index in [4.69, 9.17) is 11.6 Å². The third-order valence-corrected chi connectivity index (χ3v) is 5.06. The Hall–Kier alpha value is -2.75. The molecule has 10 heteroatoms. The molecule has 0 aromatic heterocycles. The Morgan fingerprint density at radius 1 is 1.00 bits per heavy atom. The lowest BCUT2D eigenvalue weighted by atomic mass is 10.2. The zero-order chi connectivity index (χ0) is 20.6. The van der Waals surface area contributed by atoms with Gasteiger partial charge in [-0.15, -0.1) is 0 Å². The molecule has 2 aromatic carbocycles. The van der Waals surface area contributed by atoms with Crippen LogP contribution in [0.2, 0.25) is 5.02 Å². The average Bonchev–Trinajstić information content (AvgIpc) is 2.66. The van der Waals surface area contributed by atoms with Crippen molar-refractivity contribution in [1.29, 1.82) is 0 Å². The minimum atomic E-state index is -3.85. The van der Waals surface area contributed by atoms with Crippen molar-refractivity contribution >= 4 is 44.8 Å². The van der Waals surface area contributed by atoms with Gasteiger partial charge in [0.25, 0.3) is 5.91 Å². The van der Waals surface area contributed by atoms with Gasteiger partial charge in [0.15, 0.2) is 0 Å². The lowest BCUT2D eigenvalue weighted by Gasteiger charge is -2.07. The van der Waals surface area contributed by atoms with Crippen LogP contribution in [0, 0.1) is 0 Å². The fraction of sp³-hybridized carbons (Fsp3) is 0.167. The van der Waals surface area contributed by atoms with E-state index in [-0.39, 0.29) is 17.2 Å². The number of hydrogen-bond donors (Lipinski definition) is 3. The maximum Gasteiger partial charge on any atom is 0.255 e. The van der Waals surface area contributed by atoms with Crippen LogP contribution in [0.1, 0.15) is 13.3 Å². The van der Waals surface area contributed by atoms with Crippen LogP contribution >= 0.6 is 11.6 Å². The molecule has 2 aromatic rings. The number of halogens is 1. The normalized spacial score (nSPS) is 11.7. The van der Waals surface area contributed by atoms with Crippen LogP contribution in [0.4, 0.5) is 5.69 Å². The summed E-state index contributed by atoms with van der Waals surface area (Å²) in [6, 6.07) is 14.4. The van der Waals surface area contributed by atoms with Crippen molar-refractivity contribution < 1.29 is 18.0 Å². The highest BCUT2D eigenvalue weighted by molar-refractivity contribution is 7.89. The molecule has 0 saturated heterocycles. The van der Waals surface area contributed by atoms with E-state index in [1.165, 1.54) is 24.3 Å². The molecule has 0 aliphatic carbocycles. The number of nitrogens with one attached hydrogen (secondary N) is 3. The molecule has 0 saturated carbocycles. The summed E-state index contributed by atoms with van der Waals surface area (Å²) in [5.74, 6) is -0.953. The first-order chi connectivity index (χ1) is 13.3. The number of sulfonamides is 1. The van der Waals surface area contributed by atoms with Gasteiger partial charge in [0, 0.05) is 16.4 Å². The van der Waals surface area contributed by atoms with Crippen molar-refractivity contribution in [2.75, 3.05) is 11.9 Å². The van der Waals surface area contributed by atoms with E-state index in [2.05, 4.69) is 20.6 Å². The summed E-state index contributed by atoms with van der Waals surface area (Å²) in [6.45, 7) is 1.07. The van der Waals surface area contributed by atoms with E-state index in [0.717, 1.165) is 0 Å². The fourth-order valence-electron chi connectivity index (χ4n) is 2.05. The summed E-state index contributed by atoms with van der Waals surface area (Å²) in [5.41, 5.74) is 3.22. The van der Waals surface area contributed by atoms with E-state index in [1.54, 1.807) is 31.2 Å². The molecule has 0 atom stereocenters. The van der Waals surface area contributed by atoms with Gasteiger partial charge in [-0.3, -0.25) is 9.59 Å². The van der Waals surface area contributed by atoms with Gasteiger partial charge >= 0.3 is 0 Å². The minimum Gasteiger partial charge on any atom is -0.326 e. The van der Waals surface area contributed by atoms with Crippen LogP contribution in [0.3, 0.4) is 0 Å². The fourth-order valence-corrected chi connectivity index (χ4v) is 3.16. The lowest BCUT2D eigenvalue weighted by Crippen LogP contribution is -2.35. The van der Waals surface area contributed by atoms with Crippen molar-refractivity contribution in [3.63, 3.8) is 0 Å². The van der Waals surface area contributed by atoms with E-state index >= 15 is 0 Å². The lowest BCUT2D eigenvalue weighted by molar-refractivity contribution is -0.120. The van der Waals surface area contributed by atoms with E-state index in [1.807, 2.05) is 6.07 Å². The number of rotatable bonds is 8. The predicted octanol–water partition coefficient (Wildman–Crippen LogP) is 2.14. The molecule has 0 radical (unpaired) electrons. The zero-order valence-electron chi connectivity index (χ0n) is 15.0. The monoisotopic (exact) mass is 422 g/mol. The number of amides is 2. The first-order valence-corrected chi connectivity index (χ1v) is 10.0. The van der Waals surface area contributed by atoms with Crippen molar-refractivity contribution in [3.05, 3.63) is 59.6 Å². The maximum absolute atomic E-state index is 12.1. The molecule has 0 bridgehead atoms. The quantitative estimate of drug-likeness (QED) is 0.446. The standard InChI is InChI=1S/C18H19ClN4O4S/c1-13(11-17(24)21-15-5-3-2-4-6-15)22-23-18(25)12-20-28(26,27)16-9-7-14(19)8-10-16/h2-10,20H,11-12H2,1H3,(H,21,24)(H,23,25)/b22-13+. The molecule has 0 unspecified atom stereocenters. The Kier molecular flexibility index (Phi) is 7.68. The van der Waals surface area contributed by atoms with Gasteiger partial charge in [-0.2, -0.15) is 5.10 Å². The first-order valence-electron chi connectivity index (χ1n) is 8.18. The molecule has 0 heterocycles. The molecule has 28 heavy (non-hydrogen) atoms. The Balaban J connectivity index is 1.80. The number of hydrogen-bond acceptors (Lipinski definition) is 5. The summed E-state index contributed by atoms with van der Waals surface area (Å²) in [5, 5.41) is 6.89. The highest BCUT2D eigenvalue weighted by Gasteiger charge is 2.15. The molecule has 8 nitrogen and oxygen atoms in total. The summed E-state index contributed by atoms with van der Waals surface area (Å²) in [4.78, 5) is 23.7. The number of carbonyl (C=O) groups excluding carboxylic acids is 2. The molecule has 0 spiro atoms. The van der Waals surface area contributed by atoms with Gasteiger partial charge in [0.2, 0.25) is 15.9 Å². The number of para-hydroxylation sites is 1. The second kappa shape index (κ2) is 9.98. The third-order valence-electron chi connectivity index (χ3n) is 3.39. The zero-order valence-corrected chi connectivity index (χ0v) is 16.5. The minimum absolute atomic E-state index is 0.0121. The van der Waals surface area contributed by atoms with E-state index in [0.29, 0.717) is 16.4 Å². The topological polar surface area (TPSA) is 117 Å². The number of anilines is 1. The van der Waals surface area contributed by atoms with Crippen LogP contribution in [0.5, 0.6) is 0 Å². The highest BCUT2D eigenvalue weighted by Crippen LogP contribution is 2.13. The molecular formula is C18H19ClN4O4S. The molecule has 0 aliphatic heterocycles. The number of hydrazone groups is 1. The number of nitrogens with zero attached hydrogens (tertiary/aromatic N) is 1. The Morgan fingerprint density at radius 3 is 2.29 bits per heavy atom. The molecule has 3 N–H and O–H groups in total. The highest BCUT2D eigenvalue weighted by atomic mass is 35.5.